The number of halogens is 1. The zero-order chi connectivity index (χ0) is 14.5. The number of hydrogen-bond acceptors (Lipinski definition) is 1. The van der Waals surface area contributed by atoms with E-state index in [0.717, 1.165) is 24.3 Å². The van der Waals surface area contributed by atoms with Crippen LogP contribution in [0, 0.1) is 21.3 Å². The van der Waals surface area contributed by atoms with Crippen molar-refractivity contribution >= 4 is 22.6 Å². The van der Waals surface area contributed by atoms with E-state index in [1.807, 2.05) is 0 Å². The van der Waals surface area contributed by atoms with Crippen LogP contribution in [0.5, 0.6) is 0 Å². The molecule has 1 aromatic rings. The van der Waals surface area contributed by atoms with Crippen molar-refractivity contribution < 1.29 is 0 Å². The summed E-state index contributed by atoms with van der Waals surface area (Å²) in [6, 6.07) is 9.59. The van der Waals surface area contributed by atoms with Crippen LogP contribution in [0.3, 0.4) is 0 Å². The highest BCUT2D eigenvalue weighted by molar-refractivity contribution is 14.1. The number of hydrogen-bond donors (Lipinski definition) is 1. The van der Waals surface area contributed by atoms with Gasteiger partial charge in [-0.15, -0.1) is 0 Å². The lowest BCUT2D eigenvalue weighted by molar-refractivity contribution is 0.171. The number of nitrogens with one attached hydrogen (secondary N) is 1. The van der Waals surface area contributed by atoms with Gasteiger partial charge in [0.05, 0.1) is 0 Å². The molecule has 0 aliphatic heterocycles. The molecule has 0 bridgehead atoms. The molecule has 1 N–H and O–H groups in total. The molecular formula is C18H28IN. The molecule has 4 unspecified atom stereocenters. The molecule has 0 aromatic heterocycles. The molecule has 20 heavy (non-hydrogen) atoms. The van der Waals surface area contributed by atoms with Gasteiger partial charge in [-0.1, -0.05) is 39.3 Å². The molecule has 4 atom stereocenters. The van der Waals surface area contributed by atoms with Crippen molar-refractivity contribution in [3.8, 4) is 0 Å². The Kier molecular flexibility index (Phi) is 6.34. The van der Waals surface area contributed by atoms with E-state index in [2.05, 4.69) is 72.9 Å². The summed E-state index contributed by atoms with van der Waals surface area (Å²) >= 11 is 2.43. The molecule has 1 fully saturated rings. The molecular weight excluding hydrogens is 357 g/mol. The van der Waals surface area contributed by atoms with E-state index in [1.165, 1.54) is 34.8 Å². The second kappa shape index (κ2) is 7.79. The number of benzene rings is 1. The monoisotopic (exact) mass is 385 g/mol. The molecule has 0 amide bonds. The van der Waals surface area contributed by atoms with E-state index >= 15 is 0 Å². The molecule has 2 heteroatoms. The van der Waals surface area contributed by atoms with Crippen LogP contribution in [-0.4, -0.2) is 6.54 Å². The van der Waals surface area contributed by atoms with Gasteiger partial charge in [0.2, 0.25) is 0 Å². The smallest absolute Gasteiger partial charge is 0.0349 e. The maximum atomic E-state index is 3.81. The first-order valence-corrected chi connectivity index (χ1v) is 9.18. The van der Waals surface area contributed by atoms with E-state index in [4.69, 9.17) is 0 Å². The van der Waals surface area contributed by atoms with Crippen LogP contribution in [0.2, 0.25) is 0 Å². The van der Waals surface area contributed by atoms with E-state index in [1.54, 1.807) is 0 Å². The summed E-state index contributed by atoms with van der Waals surface area (Å²) in [4.78, 5) is 0. The predicted molar refractivity (Wildman–Crippen MR) is 95.9 cm³/mol. The van der Waals surface area contributed by atoms with Crippen LogP contribution < -0.4 is 5.32 Å². The molecule has 0 spiro atoms. The largest absolute Gasteiger partial charge is 0.310 e. The minimum absolute atomic E-state index is 0.541. The molecule has 0 heterocycles. The maximum absolute atomic E-state index is 3.81. The summed E-state index contributed by atoms with van der Waals surface area (Å²) in [6.07, 6.45) is 5.34. The Hall–Kier alpha value is -0.0900. The Morgan fingerprint density at radius 3 is 2.70 bits per heavy atom. The first kappa shape index (κ1) is 16.3. The highest BCUT2D eigenvalue weighted by Gasteiger charge is 2.30. The molecule has 1 aliphatic rings. The van der Waals surface area contributed by atoms with Gasteiger partial charge >= 0.3 is 0 Å². The first-order valence-electron chi connectivity index (χ1n) is 8.10. The van der Waals surface area contributed by atoms with Crippen molar-refractivity contribution in [2.75, 3.05) is 6.54 Å². The minimum atomic E-state index is 0.541. The molecule has 0 saturated heterocycles. The van der Waals surface area contributed by atoms with Crippen LogP contribution >= 0.6 is 22.6 Å². The van der Waals surface area contributed by atoms with Crippen molar-refractivity contribution in [3.05, 3.63) is 33.4 Å². The van der Waals surface area contributed by atoms with Crippen LogP contribution in [0.15, 0.2) is 24.3 Å². The van der Waals surface area contributed by atoms with Crippen molar-refractivity contribution in [1.29, 1.82) is 0 Å². The van der Waals surface area contributed by atoms with Gasteiger partial charge in [0.15, 0.2) is 0 Å². The normalized spacial score (nSPS) is 28.3. The predicted octanol–water partition coefficient (Wildman–Crippen LogP) is 5.40. The van der Waals surface area contributed by atoms with Crippen LogP contribution in [0.4, 0.5) is 0 Å². The SMILES string of the molecule is CCCNC(c1cccc(I)c1)C1CCC(C)C(C)C1. The molecule has 1 saturated carbocycles. The van der Waals surface area contributed by atoms with Gasteiger partial charge in [-0.3, -0.25) is 0 Å². The van der Waals surface area contributed by atoms with Crippen LogP contribution in [0.1, 0.15) is 58.1 Å². The summed E-state index contributed by atoms with van der Waals surface area (Å²) in [5, 5.41) is 3.81. The summed E-state index contributed by atoms with van der Waals surface area (Å²) in [7, 11) is 0. The molecule has 1 aromatic carbocycles. The van der Waals surface area contributed by atoms with E-state index in [0.29, 0.717) is 6.04 Å². The lowest BCUT2D eigenvalue weighted by Gasteiger charge is -2.37. The van der Waals surface area contributed by atoms with Gasteiger partial charge in [-0.2, -0.15) is 0 Å². The molecule has 0 radical (unpaired) electrons. The second-order valence-electron chi connectivity index (χ2n) is 6.51. The Morgan fingerprint density at radius 2 is 2.05 bits per heavy atom. The number of rotatable bonds is 5. The zero-order valence-corrected chi connectivity index (χ0v) is 15.2. The highest BCUT2D eigenvalue weighted by atomic mass is 127. The summed E-state index contributed by atoms with van der Waals surface area (Å²) < 4.78 is 1.35. The van der Waals surface area contributed by atoms with Gasteiger partial charge in [0.1, 0.15) is 0 Å². The van der Waals surface area contributed by atoms with Gasteiger partial charge < -0.3 is 5.32 Å². The fourth-order valence-electron chi connectivity index (χ4n) is 3.45. The molecule has 2 rings (SSSR count). The van der Waals surface area contributed by atoms with Crippen LogP contribution in [-0.2, 0) is 0 Å². The standard InChI is InChI=1S/C18H28IN/c1-4-10-20-18(15-6-5-7-17(19)12-15)16-9-8-13(2)14(3)11-16/h5-7,12-14,16,18,20H,4,8-11H2,1-3H3. The Labute approximate surface area is 138 Å². The summed E-state index contributed by atoms with van der Waals surface area (Å²) in [5.74, 6) is 2.56. The Morgan fingerprint density at radius 1 is 1.25 bits per heavy atom. The third kappa shape index (κ3) is 4.20. The molecule has 112 valence electrons. The topological polar surface area (TPSA) is 12.0 Å². The first-order chi connectivity index (χ1) is 9.61. The average molecular weight is 385 g/mol. The van der Waals surface area contributed by atoms with Gasteiger partial charge in [0.25, 0.3) is 0 Å². The third-order valence-electron chi connectivity index (χ3n) is 4.93. The minimum Gasteiger partial charge on any atom is -0.310 e. The second-order valence-corrected chi connectivity index (χ2v) is 7.76. The fraction of sp³-hybridized carbons (Fsp3) is 0.667. The van der Waals surface area contributed by atoms with Crippen molar-refractivity contribution in [2.45, 2.75) is 52.5 Å². The summed E-state index contributed by atoms with van der Waals surface area (Å²) in [5.41, 5.74) is 1.48. The maximum Gasteiger partial charge on any atom is 0.0349 e. The quantitative estimate of drug-likeness (QED) is 0.669. The molecule has 1 nitrogen and oxygen atoms in total. The Bertz CT molecular complexity index is 418. The summed E-state index contributed by atoms with van der Waals surface area (Å²) in [6.45, 7) is 8.23. The lowest BCUT2D eigenvalue weighted by Crippen LogP contribution is -2.33. The average Bonchev–Trinajstić information content (AvgIpc) is 2.43. The van der Waals surface area contributed by atoms with E-state index < -0.39 is 0 Å². The fourth-order valence-corrected chi connectivity index (χ4v) is 4.02. The lowest BCUT2D eigenvalue weighted by atomic mass is 9.72. The Balaban J connectivity index is 2.15. The van der Waals surface area contributed by atoms with E-state index in [-0.39, 0.29) is 0 Å². The zero-order valence-electron chi connectivity index (χ0n) is 13.0. The van der Waals surface area contributed by atoms with Gasteiger partial charge in [0, 0.05) is 9.61 Å². The van der Waals surface area contributed by atoms with E-state index in [9.17, 15) is 0 Å². The molecule has 1 aliphatic carbocycles. The van der Waals surface area contributed by atoms with Crippen molar-refractivity contribution in [2.24, 2.45) is 17.8 Å². The third-order valence-corrected chi connectivity index (χ3v) is 5.60. The van der Waals surface area contributed by atoms with Crippen molar-refractivity contribution in [3.63, 3.8) is 0 Å². The van der Waals surface area contributed by atoms with Gasteiger partial charge in [-0.05, 0) is 83.8 Å². The van der Waals surface area contributed by atoms with Gasteiger partial charge in [-0.25, -0.2) is 0 Å². The highest BCUT2D eigenvalue weighted by Crippen LogP contribution is 2.40. The van der Waals surface area contributed by atoms with Crippen molar-refractivity contribution in [1.82, 2.24) is 5.32 Å². The van der Waals surface area contributed by atoms with Crippen LogP contribution in [0.25, 0.3) is 0 Å².